The second kappa shape index (κ2) is 7.18. The van der Waals surface area contributed by atoms with Gasteiger partial charge in [-0.05, 0) is 19.0 Å². The van der Waals surface area contributed by atoms with Crippen LogP contribution in [0.15, 0.2) is 0 Å². The van der Waals surface area contributed by atoms with Gasteiger partial charge in [-0.2, -0.15) is 26.3 Å². The smallest absolute Gasteiger partial charge is 0.375 e. The summed E-state index contributed by atoms with van der Waals surface area (Å²) < 4.78 is 104. The molecule has 0 heterocycles. The molecule has 0 rings (SSSR count). The Labute approximate surface area is 125 Å². The highest BCUT2D eigenvalue weighted by atomic mass is 35.7. The van der Waals surface area contributed by atoms with Crippen molar-refractivity contribution in [3.63, 3.8) is 0 Å². The quantitative estimate of drug-likeness (QED) is 0.231. The summed E-state index contributed by atoms with van der Waals surface area (Å²) in [7, 11) is 0. The minimum Gasteiger partial charge on any atom is -0.375 e. The van der Waals surface area contributed by atoms with Gasteiger partial charge in [0, 0.05) is 6.61 Å². The number of halogens is 10. The Morgan fingerprint density at radius 3 is 1.90 bits per heavy atom. The van der Waals surface area contributed by atoms with Crippen LogP contribution >= 0.6 is 22.2 Å². The highest BCUT2D eigenvalue weighted by Crippen LogP contribution is 2.48. The molecule has 0 spiro atoms. The van der Waals surface area contributed by atoms with Crippen molar-refractivity contribution in [2.45, 2.75) is 43.2 Å². The van der Waals surface area contributed by atoms with Crippen LogP contribution in [0.3, 0.4) is 0 Å². The van der Waals surface area contributed by atoms with E-state index < -0.39 is 44.1 Å². The molecule has 0 saturated carbocycles. The molecule has 0 unspecified atom stereocenters. The van der Waals surface area contributed by atoms with Crippen LogP contribution in [0.5, 0.6) is 0 Å². The maximum atomic E-state index is 13.0. The highest BCUT2D eigenvalue weighted by Gasteiger charge is 2.75. The van der Waals surface area contributed by atoms with Gasteiger partial charge < -0.3 is 4.74 Å². The zero-order valence-electron chi connectivity index (χ0n) is 10.6. The zero-order valence-corrected chi connectivity index (χ0v) is 13.1. The van der Waals surface area contributed by atoms with Gasteiger partial charge in [-0.1, -0.05) is 0 Å². The summed E-state index contributed by atoms with van der Waals surface area (Å²) in [5, 5.41) is 0. The largest absolute Gasteiger partial charge is 0.380 e. The number of ether oxygens (including phenoxy) is 1. The van der Waals surface area contributed by atoms with Gasteiger partial charge in [0.15, 0.2) is 0 Å². The normalized spacial score (nSPS) is 14.9. The second-order valence-electron chi connectivity index (χ2n) is 4.43. The molecule has 0 aliphatic carbocycles. The third-order valence-electron chi connectivity index (χ3n) is 2.34. The molecule has 0 saturated heterocycles. The Hall–Kier alpha value is 0.197. The Balaban J connectivity index is 4.55. The summed E-state index contributed by atoms with van der Waals surface area (Å²) in [6.45, 7) is -3.62. The molecule has 1 nitrogen and oxygen atoms in total. The SMILES string of the molecule is C[Si](Cl)(Cl)CCCOCC(F)(F)C(F)(F)C(F)(F)C(F)F. The number of alkyl halides is 8. The van der Waals surface area contributed by atoms with Gasteiger partial charge in [-0.25, -0.2) is 8.78 Å². The molecule has 0 aromatic carbocycles. The van der Waals surface area contributed by atoms with E-state index in [1.165, 1.54) is 6.55 Å². The van der Waals surface area contributed by atoms with Gasteiger partial charge in [0.05, 0.1) is 0 Å². The van der Waals surface area contributed by atoms with Gasteiger partial charge in [-0.3, -0.25) is 0 Å². The van der Waals surface area contributed by atoms with Crippen molar-refractivity contribution < 1.29 is 39.9 Å². The maximum Gasteiger partial charge on any atom is 0.380 e. The standard InChI is InChI=1S/C9H12Cl2F8OSi/c1-21(10,11)4-2-3-20-5-7(14,15)9(18,19)8(16,17)6(12)13/h6H,2-5H2,1H3. The van der Waals surface area contributed by atoms with Gasteiger partial charge >= 0.3 is 24.2 Å². The van der Waals surface area contributed by atoms with E-state index in [0.29, 0.717) is 0 Å². The Kier molecular flexibility index (Phi) is 7.25. The number of rotatable bonds is 9. The maximum absolute atomic E-state index is 13.0. The third kappa shape index (κ3) is 5.72. The molecule has 0 aromatic rings. The predicted octanol–water partition coefficient (Wildman–Crippen LogP) is 5.11. The molecule has 0 bridgehead atoms. The van der Waals surface area contributed by atoms with Gasteiger partial charge in [-0.15, -0.1) is 22.2 Å². The van der Waals surface area contributed by atoms with Crippen LogP contribution < -0.4 is 0 Å². The average molecular weight is 387 g/mol. The number of hydrogen-bond acceptors (Lipinski definition) is 1. The topological polar surface area (TPSA) is 9.23 Å². The molecule has 0 atom stereocenters. The van der Waals surface area contributed by atoms with E-state index in [4.69, 9.17) is 22.2 Å². The first-order valence-corrected chi connectivity index (χ1v) is 10.3. The van der Waals surface area contributed by atoms with Crippen molar-refractivity contribution in [1.82, 2.24) is 0 Å². The van der Waals surface area contributed by atoms with Crippen LogP contribution in [0, 0.1) is 0 Å². The van der Waals surface area contributed by atoms with Crippen LogP contribution in [0.2, 0.25) is 12.6 Å². The van der Waals surface area contributed by atoms with Crippen LogP contribution in [-0.4, -0.2) is 44.1 Å². The second-order valence-corrected chi connectivity index (χ2v) is 12.7. The van der Waals surface area contributed by atoms with Crippen molar-refractivity contribution in [3.8, 4) is 0 Å². The summed E-state index contributed by atoms with van der Waals surface area (Å²) in [4.78, 5) is 0. The first-order chi connectivity index (χ1) is 9.15. The van der Waals surface area contributed by atoms with E-state index in [0.717, 1.165) is 0 Å². The van der Waals surface area contributed by atoms with E-state index >= 15 is 0 Å². The molecule has 0 radical (unpaired) electrons. The molecular formula is C9H12Cl2F8OSi. The van der Waals surface area contributed by atoms with E-state index in [9.17, 15) is 35.1 Å². The number of hydrogen-bond donors (Lipinski definition) is 0. The van der Waals surface area contributed by atoms with Crippen LogP contribution in [0.1, 0.15) is 6.42 Å². The van der Waals surface area contributed by atoms with Crippen LogP contribution in [-0.2, 0) is 4.74 Å². The lowest BCUT2D eigenvalue weighted by molar-refractivity contribution is -0.345. The fourth-order valence-electron chi connectivity index (χ4n) is 1.16. The molecule has 0 fully saturated rings. The molecular weight excluding hydrogens is 375 g/mol. The summed E-state index contributed by atoms with van der Waals surface area (Å²) >= 11 is 11.3. The van der Waals surface area contributed by atoms with Gasteiger partial charge in [0.1, 0.15) is 6.61 Å². The van der Waals surface area contributed by atoms with Crippen molar-refractivity contribution >= 4 is 28.9 Å². The molecule has 0 aromatic heterocycles. The van der Waals surface area contributed by atoms with E-state index in [2.05, 4.69) is 4.74 Å². The van der Waals surface area contributed by atoms with E-state index in [1.807, 2.05) is 0 Å². The lowest BCUT2D eigenvalue weighted by Gasteiger charge is -2.32. The minimum absolute atomic E-state index is 0.0443. The summed E-state index contributed by atoms with van der Waals surface area (Å²) in [6, 6.07) is 0.200. The van der Waals surface area contributed by atoms with E-state index in [-0.39, 0.29) is 12.5 Å². The molecule has 128 valence electrons. The van der Waals surface area contributed by atoms with Crippen molar-refractivity contribution in [2.75, 3.05) is 13.2 Å². The van der Waals surface area contributed by atoms with Crippen molar-refractivity contribution in [2.24, 2.45) is 0 Å². The minimum atomic E-state index is -6.24. The molecule has 21 heavy (non-hydrogen) atoms. The monoisotopic (exact) mass is 386 g/mol. The summed E-state index contributed by atoms with van der Waals surface area (Å²) in [5.74, 6) is -17.9. The van der Waals surface area contributed by atoms with Crippen molar-refractivity contribution in [3.05, 3.63) is 0 Å². The Bertz CT molecular complexity index is 334. The Morgan fingerprint density at radius 1 is 1.05 bits per heavy atom. The lowest BCUT2D eigenvalue weighted by atomic mass is 10.1. The lowest BCUT2D eigenvalue weighted by Crippen LogP contribution is -2.59. The molecule has 0 amide bonds. The molecule has 0 N–H and O–H groups in total. The van der Waals surface area contributed by atoms with Gasteiger partial charge in [0.25, 0.3) is 0 Å². The molecule has 12 heteroatoms. The zero-order chi connectivity index (χ0) is 17.1. The van der Waals surface area contributed by atoms with Crippen LogP contribution in [0.25, 0.3) is 0 Å². The van der Waals surface area contributed by atoms with Crippen LogP contribution in [0.4, 0.5) is 35.1 Å². The third-order valence-corrected chi connectivity index (χ3v) is 4.71. The molecule has 0 aliphatic rings. The summed E-state index contributed by atoms with van der Waals surface area (Å²) in [6.07, 6.45) is -4.89. The van der Waals surface area contributed by atoms with Gasteiger partial charge in [0.2, 0.25) is 6.69 Å². The average Bonchev–Trinajstić information content (AvgIpc) is 2.25. The molecule has 0 aliphatic heterocycles. The fourth-order valence-corrected chi connectivity index (χ4v) is 2.72. The fraction of sp³-hybridized carbons (Fsp3) is 1.00. The van der Waals surface area contributed by atoms with E-state index in [1.54, 1.807) is 0 Å². The predicted molar refractivity (Wildman–Crippen MR) is 64.4 cm³/mol. The highest BCUT2D eigenvalue weighted by molar-refractivity contribution is 7.44. The Morgan fingerprint density at radius 2 is 1.52 bits per heavy atom. The van der Waals surface area contributed by atoms with Crippen molar-refractivity contribution in [1.29, 1.82) is 0 Å². The first-order valence-electron chi connectivity index (χ1n) is 5.52. The summed E-state index contributed by atoms with van der Waals surface area (Å²) in [5.41, 5.74) is 0. The first kappa shape index (κ1) is 21.2.